The summed E-state index contributed by atoms with van der Waals surface area (Å²) in [6, 6.07) is 13.4. The zero-order chi connectivity index (χ0) is 21.0. The lowest BCUT2D eigenvalue weighted by Gasteiger charge is -2.35. The Hall–Kier alpha value is -3.03. The van der Waals surface area contributed by atoms with Gasteiger partial charge in [-0.15, -0.1) is 0 Å². The number of anilines is 1. The molecule has 0 spiro atoms. The number of nitrogens with two attached hydrogens (primary N) is 1. The first-order valence-corrected chi connectivity index (χ1v) is 10.5. The molecule has 2 atom stereocenters. The predicted molar refractivity (Wildman–Crippen MR) is 114 cm³/mol. The highest BCUT2D eigenvalue weighted by Crippen LogP contribution is 2.35. The molecule has 1 aliphatic rings. The zero-order valence-electron chi connectivity index (χ0n) is 16.6. The van der Waals surface area contributed by atoms with Crippen LogP contribution in [-0.4, -0.2) is 34.6 Å². The largest absolute Gasteiger partial charge is 0.383 e. The van der Waals surface area contributed by atoms with Crippen LogP contribution in [-0.2, 0) is 4.79 Å². The van der Waals surface area contributed by atoms with E-state index in [2.05, 4.69) is 31.0 Å². The Morgan fingerprint density at radius 3 is 2.38 bits per heavy atom. The maximum atomic E-state index is 12.7. The van der Waals surface area contributed by atoms with Gasteiger partial charge in [0.15, 0.2) is 0 Å². The van der Waals surface area contributed by atoms with Crippen molar-refractivity contribution in [3.63, 3.8) is 0 Å². The second-order valence-corrected chi connectivity index (χ2v) is 8.51. The standard InChI is InChI=1S/C22H23N5OS/c1-14-8-15(2)12-27(11-14)19(28)13-29-22-18(10-24)20(16-6-4-3-5-7-16)17(9-23)21(25)26-22/h3-7,14-15H,8,11-13H2,1-2H3,(H2,25,26). The number of hydrogen-bond donors (Lipinski definition) is 1. The normalized spacial score (nSPS) is 18.7. The van der Waals surface area contributed by atoms with Crippen LogP contribution in [0.4, 0.5) is 5.82 Å². The van der Waals surface area contributed by atoms with Crippen LogP contribution in [0.15, 0.2) is 35.4 Å². The summed E-state index contributed by atoms with van der Waals surface area (Å²) in [6.45, 7) is 5.83. The highest BCUT2D eigenvalue weighted by Gasteiger charge is 2.26. The number of thioether (sulfide) groups is 1. The van der Waals surface area contributed by atoms with Gasteiger partial charge in [-0.25, -0.2) is 4.98 Å². The van der Waals surface area contributed by atoms with Gasteiger partial charge in [0.25, 0.3) is 0 Å². The number of nitriles is 2. The third kappa shape index (κ3) is 4.52. The molecule has 0 saturated carbocycles. The molecule has 3 rings (SSSR count). The Morgan fingerprint density at radius 1 is 1.17 bits per heavy atom. The van der Waals surface area contributed by atoms with Gasteiger partial charge in [-0.05, 0) is 23.8 Å². The molecule has 2 N–H and O–H groups in total. The average molecular weight is 406 g/mol. The third-order valence-electron chi connectivity index (χ3n) is 5.03. The number of pyridine rings is 1. The Bertz CT molecular complexity index is 983. The number of hydrogen-bond acceptors (Lipinski definition) is 6. The minimum absolute atomic E-state index is 0.0308. The van der Waals surface area contributed by atoms with Crippen molar-refractivity contribution >= 4 is 23.5 Å². The number of amides is 1. The van der Waals surface area contributed by atoms with Crippen molar-refractivity contribution in [2.75, 3.05) is 24.6 Å². The number of likely N-dealkylation sites (tertiary alicyclic amines) is 1. The lowest BCUT2D eigenvalue weighted by atomic mass is 9.92. The van der Waals surface area contributed by atoms with Gasteiger partial charge >= 0.3 is 0 Å². The van der Waals surface area contributed by atoms with Crippen molar-refractivity contribution in [1.82, 2.24) is 9.88 Å². The Labute approximate surface area is 175 Å². The molecule has 0 bridgehead atoms. The number of nitrogens with zero attached hydrogens (tertiary/aromatic N) is 4. The molecule has 29 heavy (non-hydrogen) atoms. The number of carbonyl (C=O) groups is 1. The molecule has 6 nitrogen and oxygen atoms in total. The molecule has 1 amide bonds. The maximum absolute atomic E-state index is 12.7. The van der Waals surface area contributed by atoms with Crippen LogP contribution in [0.2, 0.25) is 0 Å². The lowest BCUT2D eigenvalue weighted by molar-refractivity contribution is -0.130. The number of rotatable bonds is 4. The molecule has 0 radical (unpaired) electrons. The van der Waals surface area contributed by atoms with Crippen molar-refractivity contribution < 1.29 is 4.79 Å². The second-order valence-electron chi connectivity index (χ2n) is 7.55. The molecule has 1 fully saturated rings. The first-order valence-electron chi connectivity index (χ1n) is 9.54. The number of piperidine rings is 1. The summed E-state index contributed by atoms with van der Waals surface area (Å²) in [4.78, 5) is 18.9. The Balaban J connectivity index is 1.90. The fraction of sp³-hybridized carbons (Fsp3) is 0.364. The van der Waals surface area contributed by atoms with Crippen LogP contribution in [0.5, 0.6) is 0 Å². The predicted octanol–water partition coefficient (Wildman–Crippen LogP) is 3.67. The maximum Gasteiger partial charge on any atom is 0.233 e. The van der Waals surface area contributed by atoms with E-state index in [1.165, 1.54) is 11.8 Å². The van der Waals surface area contributed by atoms with Crippen LogP contribution in [0.25, 0.3) is 11.1 Å². The molecule has 2 unspecified atom stereocenters. The SMILES string of the molecule is CC1CC(C)CN(C(=O)CSc2nc(N)c(C#N)c(-c3ccccc3)c2C#N)C1. The smallest absolute Gasteiger partial charge is 0.233 e. The molecule has 148 valence electrons. The van der Waals surface area contributed by atoms with E-state index in [1.807, 2.05) is 35.2 Å². The van der Waals surface area contributed by atoms with Crippen LogP contribution in [0.1, 0.15) is 31.4 Å². The minimum Gasteiger partial charge on any atom is -0.383 e. The highest BCUT2D eigenvalue weighted by molar-refractivity contribution is 8.00. The molecule has 2 aromatic rings. The zero-order valence-corrected chi connectivity index (χ0v) is 17.4. The quantitative estimate of drug-likeness (QED) is 0.778. The van der Waals surface area contributed by atoms with Gasteiger partial charge in [0.2, 0.25) is 5.91 Å². The van der Waals surface area contributed by atoms with Crippen molar-refractivity contribution in [3.05, 3.63) is 41.5 Å². The summed E-state index contributed by atoms with van der Waals surface area (Å²) in [6.07, 6.45) is 1.13. The molecule has 1 aromatic carbocycles. The lowest BCUT2D eigenvalue weighted by Crippen LogP contribution is -2.43. The topological polar surface area (TPSA) is 107 Å². The van der Waals surface area contributed by atoms with Gasteiger partial charge in [0.05, 0.1) is 11.3 Å². The number of nitrogen functional groups attached to an aromatic ring is 1. The summed E-state index contributed by atoms with van der Waals surface area (Å²) < 4.78 is 0. The van der Waals surface area contributed by atoms with Crippen LogP contribution >= 0.6 is 11.8 Å². The molecular formula is C22H23N5OS. The van der Waals surface area contributed by atoms with E-state index < -0.39 is 0 Å². The van der Waals surface area contributed by atoms with Gasteiger partial charge in [-0.1, -0.05) is 55.9 Å². The molecule has 1 aromatic heterocycles. The van der Waals surface area contributed by atoms with Gasteiger partial charge < -0.3 is 10.6 Å². The molecule has 1 aliphatic heterocycles. The van der Waals surface area contributed by atoms with E-state index in [9.17, 15) is 15.3 Å². The van der Waals surface area contributed by atoms with E-state index in [0.717, 1.165) is 25.1 Å². The van der Waals surface area contributed by atoms with Gasteiger partial charge in [-0.2, -0.15) is 10.5 Å². The summed E-state index contributed by atoms with van der Waals surface area (Å²) in [5.41, 5.74) is 7.68. The van der Waals surface area contributed by atoms with Crippen molar-refractivity contribution in [2.24, 2.45) is 11.8 Å². The van der Waals surface area contributed by atoms with E-state index in [0.29, 0.717) is 22.4 Å². The highest BCUT2D eigenvalue weighted by atomic mass is 32.2. The summed E-state index contributed by atoms with van der Waals surface area (Å²) in [5.74, 6) is 1.25. The fourth-order valence-corrected chi connectivity index (χ4v) is 4.78. The molecular weight excluding hydrogens is 382 g/mol. The van der Waals surface area contributed by atoms with Crippen LogP contribution in [0.3, 0.4) is 0 Å². The van der Waals surface area contributed by atoms with Gasteiger partial charge in [0.1, 0.15) is 28.5 Å². The van der Waals surface area contributed by atoms with Crippen molar-refractivity contribution in [3.8, 4) is 23.3 Å². The van der Waals surface area contributed by atoms with Gasteiger partial charge in [-0.3, -0.25) is 4.79 Å². The minimum atomic E-state index is 0.0308. The van der Waals surface area contributed by atoms with Gasteiger partial charge in [0, 0.05) is 18.7 Å². The second kappa shape index (κ2) is 8.98. The van der Waals surface area contributed by atoms with E-state index >= 15 is 0 Å². The average Bonchev–Trinajstić information content (AvgIpc) is 2.71. The Kier molecular flexibility index (Phi) is 6.41. The molecule has 2 heterocycles. The van der Waals surface area contributed by atoms with Crippen molar-refractivity contribution in [1.29, 1.82) is 10.5 Å². The fourth-order valence-electron chi connectivity index (χ4n) is 3.88. The molecule has 0 aliphatic carbocycles. The van der Waals surface area contributed by atoms with Crippen molar-refractivity contribution in [2.45, 2.75) is 25.3 Å². The summed E-state index contributed by atoms with van der Waals surface area (Å²) >= 11 is 1.20. The van der Waals surface area contributed by atoms with E-state index in [4.69, 9.17) is 5.73 Å². The van der Waals surface area contributed by atoms with E-state index in [-0.39, 0.29) is 28.6 Å². The summed E-state index contributed by atoms with van der Waals surface area (Å²) in [5, 5.41) is 19.8. The number of aromatic nitrogens is 1. The molecule has 7 heteroatoms. The summed E-state index contributed by atoms with van der Waals surface area (Å²) in [7, 11) is 0. The third-order valence-corrected chi connectivity index (χ3v) is 5.99. The monoisotopic (exact) mass is 405 g/mol. The number of benzene rings is 1. The first-order chi connectivity index (χ1) is 13.9. The first kappa shape index (κ1) is 20.7. The van der Waals surface area contributed by atoms with E-state index in [1.54, 1.807) is 0 Å². The van der Waals surface area contributed by atoms with Crippen LogP contribution in [0, 0.1) is 34.5 Å². The number of carbonyl (C=O) groups excluding carboxylic acids is 1. The van der Waals surface area contributed by atoms with Crippen LogP contribution < -0.4 is 5.73 Å². The molecule has 1 saturated heterocycles. The Morgan fingerprint density at radius 2 is 1.79 bits per heavy atom.